The quantitative estimate of drug-likeness (QED) is 0.389. The van der Waals surface area contributed by atoms with Gasteiger partial charge >= 0.3 is 0 Å². The maximum absolute atomic E-state index is 5.50. The summed E-state index contributed by atoms with van der Waals surface area (Å²) in [4.78, 5) is 4.57. The first-order valence-electron chi connectivity index (χ1n) is 9.59. The average molecular weight is 393 g/mol. The Morgan fingerprint density at radius 1 is 0.586 bits per heavy atom. The molecule has 0 saturated carbocycles. The van der Waals surface area contributed by atoms with E-state index in [4.69, 9.17) is 4.74 Å². The van der Waals surface area contributed by atoms with Crippen molar-refractivity contribution in [3.05, 3.63) is 122 Å². The maximum Gasteiger partial charge on any atom is 0.156 e. The molecule has 0 radical (unpaired) electrons. The minimum atomic E-state index is -2.28. The molecule has 3 nitrogen and oxygen atoms in total. The highest BCUT2D eigenvalue weighted by molar-refractivity contribution is 7.87. The van der Waals surface area contributed by atoms with E-state index in [-0.39, 0.29) is 0 Å². The molecule has 0 atom stereocenters. The van der Waals surface area contributed by atoms with Crippen molar-refractivity contribution < 1.29 is 0 Å². The molecule has 5 rings (SSSR count). The van der Waals surface area contributed by atoms with Crippen LogP contribution < -0.4 is 15.9 Å². The first-order valence-corrected chi connectivity index (χ1v) is 11.3. The van der Waals surface area contributed by atoms with E-state index in [1.54, 1.807) is 0 Å². The number of rotatable bonds is 4. The molecule has 0 spiro atoms. The van der Waals surface area contributed by atoms with E-state index < -0.39 is 7.05 Å². The molecule has 0 unspecified atom stereocenters. The topological polar surface area (TPSA) is 29.7 Å². The van der Waals surface area contributed by atoms with E-state index in [1.165, 1.54) is 15.9 Å². The molecule has 0 aliphatic heterocycles. The van der Waals surface area contributed by atoms with Crippen molar-refractivity contribution in [3.63, 3.8) is 0 Å². The predicted molar refractivity (Wildman–Crippen MR) is 122 cm³/mol. The van der Waals surface area contributed by atoms with Crippen LogP contribution in [-0.4, -0.2) is 9.38 Å². The van der Waals surface area contributed by atoms with Crippen LogP contribution in [0.3, 0.4) is 0 Å². The van der Waals surface area contributed by atoms with Crippen molar-refractivity contribution in [2.75, 3.05) is 0 Å². The summed E-state index contributed by atoms with van der Waals surface area (Å²) in [6, 6.07) is 37.9. The monoisotopic (exact) mass is 393 g/mol. The molecule has 2 heterocycles. The number of imidazole rings is 1. The van der Waals surface area contributed by atoms with Gasteiger partial charge in [-0.25, -0.2) is 9.73 Å². The van der Waals surface area contributed by atoms with Gasteiger partial charge in [0.15, 0.2) is 5.82 Å². The van der Waals surface area contributed by atoms with Gasteiger partial charge in [-0.15, -0.1) is 0 Å². The summed E-state index contributed by atoms with van der Waals surface area (Å²) in [6.07, 6.45) is 3.90. The second-order valence-corrected chi connectivity index (χ2v) is 9.81. The second kappa shape index (κ2) is 7.54. The van der Waals surface area contributed by atoms with E-state index in [1.807, 2.05) is 30.6 Å². The van der Waals surface area contributed by atoms with Gasteiger partial charge in [-0.05, 0) is 12.1 Å². The zero-order valence-electron chi connectivity index (χ0n) is 15.8. The van der Waals surface area contributed by atoms with E-state index in [0.29, 0.717) is 0 Å². The Hall–Kier alpha value is -3.42. The van der Waals surface area contributed by atoms with Crippen LogP contribution in [0.25, 0.3) is 5.65 Å². The molecule has 5 aromatic rings. The van der Waals surface area contributed by atoms with E-state index in [2.05, 4.69) is 100 Å². The van der Waals surface area contributed by atoms with Crippen molar-refractivity contribution >= 4 is 34.4 Å². The highest BCUT2D eigenvalue weighted by Gasteiger charge is 2.27. The van der Waals surface area contributed by atoms with E-state index in [0.717, 1.165) is 11.5 Å². The molecule has 29 heavy (non-hydrogen) atoms. The highest BCUT2D eigenvalue weighted by Crippen LogP contribution is 2.49. The van der Waals surface area contributed by atoms with Gasteiger partial charge < -0.3 is 0 Å². The van der Waals surface area contributed by atoms with Gasteiger partial charge in [0.05, 0.1) is 13.3 Å². The molecule has 2 aromatic heterocycles. The van der Waals surface area contributed by atoms with Crippen molar-refractivity contribution in [3.8, 4) is 0 Å². The number of pyridine rings is 1. The molecule has 0 aliphatic rings. The molecule has 0 N–H and O–H groups in total. The molecule has 0 saturated heterocycles. The fourth-order valence-corrected chi connectivity index (χ4v) is 7.21. The third-order valence-electron chi connectivity index (χ3n) is 5.04. The molecular weight excluding hydrogens is 373 g/mol. The minimum Gasteiger partial charge on any atom is -0.285 e. The Labute approximate surface area is 170 Å². The Bertz CT molecular complexity index is 1190. The van der Waals surface area contributed by atoms with Crippen LogP contribution in [0.15, 0.2) is 126 Å². The van der Waals surface area contributed by atoms with Crippen molar-refractivity contribution in [2.24, 2.45) is 4.74 Å². The summed E-state index contributed by atoms with van der Waals surface area (Å²) in [6.45, 7) is 0. The number of benzene rings is 3. The van der Waals surface area contributed by atoms with Crippen LogP contribution in [0.2, 0.25) is 0 Å². The van der Waals surface area contributed by atoms with E-state index in [9.17, 15) is 0 Å². The summed E-state index contributed by atoms with van der Waals surface area (Å²) >= 11 is 0. The lowest BCUT2D eigenvalue weighted by atomic mass is 10.4. The summed E-state index contributed by atoms with van der Waals surface area (Å²) in [7, 11) is -2.28. The number of nitrogens with zero attached hydrogens (tertiary/aromatic N) is 3. The SMILES string of the molecule is c1ccc(P(=Nc2cnc3ccccn23)(c2ccccc2)c2ccccc2)cc1. The van der Waals surface area contributed by atoms with Crippen LogP contribution >= 0.6 is 7.05 Å². The number of fused-ring (bicyclic) bond motifs is 1. The molecule has 140 valence electrons. The Morgan fingerprint density at radius 3 is 1.59 bits per heavy atom. The highest BCUT2D eigenvalue weighted by atomic mass is 31.2. The fraction of sp³-hybridized carbons (Fsp3) is 0. The third-order valence-corrected chi connectivity index (χ3v) is 8.68. The van der Waals surface area contributed by atoms with Gasteiger partial charge in [0, 0.05) is 22.1 Å². The van der Waals surface area contributed by atoms with Crippen molar-refractivity contribution in [1.29, 1.82) is 0 Å². The maximum atomic E-state index is 5.50. The first-order chi connectivity index (χ1) is 14.4. The predicted octanol–water partition coefficient (Wildman–Crippen LogP) is 5.14. The lowest BCUT2D eigenvalue weighted by Crippen LogP contribution is -2.25. The van der Waals surface area contributed by atoms with Gasteiger partial charge in [-0.3, -0.25) is 4.40 Å². The molecule has 3 aromatic carbocycles. The Morgan fingerprint density at radius 2 is 1.07 bits per heavy atom. The third kappa shape index (κ3) is 3.10. The lowest BCUT2D eigenvalue weighted by Gasteiger charge is -2.26. The van der Waals surface area contributed by atoms with Gasteiger partial charge in [0.1, 0.15) is 5.65 Å². The average Bonchev–Trinajstić information content (AvgIpc) is 3.22. The zero-order valence-corrected chi connectivity index (χ0v) is 16.7. The number of hydrogen-bond donors (Lipinski definition) is 0. The fourth-order valence-electron chi connectivity index (χ4n) is 3.70. The normalized spacial score (nSPS) is 11.4. The Kier molecular flexibility index (Phi) is 4.59. The molecule has 0 amide bonds. The summed E-state index contributed by atoms with van der Waals surface area (Å²) in [5, 5.41) is 3.68. The largest absolute Gasteiger partial charge is 0.285 e. The smallest absolute Gasteiger partial charge is 0.156 e. The van der Waals surface area contributed by atoms with Gasteiger partial charge in [-0.2, -0.15) is 0 Å². The van der Waals surface area contributed by atoms with Gasteiger partial charge in [-0.1, -0.05) is 97.1 Å². The minimum absolute atomic E-state index is 0.866. The van der Waals surface area contributed by atoms with Crippen molar-refractivity contribution in [1.82, 2.24) is 9.38 Å². The van der Waals surface area contributed by atoms with Crippen LogP contribution in [0.1, 0.15) is 0 Å². The summed E-state index contributed by atoms with van der Waals surface area (Å²) < 4.78 is 7.56. The standard InChI is InChI=1S/C25H20N3P/c1-4-12-21(13-5-1)29(22-14-6-2-7-15-22,23-16-8-3-9-17-23)27-25-20-26-24-18-10-11-19-28(24)25/h1-20H. The van der Waals surface area contributed by atoms with Crippen LogP contribution in [0.4, 0.5) is 5.82 Å². The molecule has 0 bridgehead atoms. The van der Waals surface area contributed by atoms with Gasteiger partial charge in [0.25, 0.3) is 0 Å². The van der Waals surface area contributed by atoms with Crippen LogP contribution in [0.5, 0.6) is 0 Å². The lowest BCUT2D eigenvalue weighted by molar-refractivity contribution is 1.17. The van der Waals surface area contributed by atoms with Gasteiger partial charge in [0.2, 0.25) is 0 Å². The number of hydrogen-bond acceptors (Lipinski definition) is 2. The van der Waals surface area contributed by atoms with E-state index >= 15 is 0 Å². The van der Waals surface area contributed by atoms with Crippen LogP contribution in [0, 0.1) is 0 Å². The summed E-state index contributed by atoms with van der Waals surface area (Å²) in [5.41, 5.74) is 0.901. The summed E-state index contributed by atoms with van der Waals surface area (Å²) in [5.74, 6) is 0.866. The van der Waals surface area contributed by atoms with Crippen LogP contribution in [-0.2, 0) is 0 Å². The number of aromatic nitrogens is 2. The molecule has 4 heteroatoms. The van der Waals surface area contributed by atoms with Crippen molar-refractivity contribution in [2.45, 2.75) is 0 Å². The first kappa shape index (κ1) is 17.7. The Balaban J connectivity index is 1.93. The zero-order chi connectivity index (χ0) is 19.5. The molecule has 0 aliphatic carbocycles. The second-order valence-electron chi connectivity index (χ2n) is 6.79. The molecular formula is C25H20N3P. The molecule has 0 fully saturated rings.